The van der Waals surface area contributed by atoms with Crippen molar-refractivity contribution in [2.45, 2.75) is 26.2 Å². The zero-order valence-corrected chi connectivity index (χ0v) is 10.5. The van der Waals surface area contributed by atoms with E-state index >= 15 is 0 Å². The number of rotatable bonds is 4. The molecule has 94 valence electrons. The smallest absolute Gasteiger partial charge is 0.250 e. The van der Waals surface area contributed by atoms with Crippen molar-refractivity contribution >= 4 is 22.4 Å². The lowest BCUT2D eigenvalue weighted by Crippen LogP contribution is -2.26. The van der Waals surface area contributed by atoms with Crippen molar-refractivity contribution in [3.63, 3.8) is 0 Å². The highest BCUT2D eigenvalue weighted by Crippen LogP contribution is 2.26. The average Bonchev–Trinajstić information content (AvgIpc) is 2.43. The second-order valence-corrected chi connectivity index (χ2v) is 4.31. The van der Waals surface area contributed by atoms with Gasteiger partial charge in [-0.3, -0.25) is 10.0 Å². The van der Waals surface area contributed by atoms with E-state index in [-0.39, 0.29) is 5.91 Å². The van der Waals surface area contributed by atoms with Crippen molar-refractivity contribution in [2.75, 3.05) is 5.06 Å². The van der Waals surface area contributed by atoms with Crippen LogP contribution >= 0.6 is 0 Å². The predicted octanol–water partition coefficient (Wildman–Crippen LogP) is 3.75. The Hall–Kier alpha value is -1.87. The average molecular weight is 243 g/mol. The van der Waals surface area contributed by atoms with Gasteiger partial charge in [0.2, 0.25) is 0 Å². The van der Waals surface area contributed by atoms with Crippen LogP contribution < -0.4 is 5.06 Å². The SMILES string of the molecule is CCCCC(=O)N(O)c1cccc2ccccc12. The molecule has 3 heteroatoms. The van der Waals surface area contributed by atoms with Gasteiger partial charge in [0.25, 0.3) is 5.91 Å². The molecule has 0 fully saturated rings. The van der Waals surface area contributed by atoms with Crippen molar-refractivity contribution in [1.82, 2.24) is 0 Å². The molecule has 0 aliphatic rings. The van der Waals surface area contributed by atoms with E-state index in [1.807, 2.05) is 43.3 Å². The second-order valence-electron chi connectivity index (χ2n) is 4.31. The van der Waals surface area contributed by atoms with Crippen LogP contribution in [0.3, 0.4) is 0 Å². The van der Waals surface area contributed by atoms with Gasteiger partial charge in [-0.25, -0.2) is 0 Å². The summed E-state index contributed by atoms with van der Waals surface area (Å²) in [6, 6.07) is 13.3. The third-order valence-electron chi connectivity index (χ3n) is 2.98. The van der Waals surface area contributed by atoms with Crippen LogP contribution in [0.2, 0.25) is 0 Å². The van der Waals surface area contributed by atoms with Crippen molar-refractivity contribution in [3.8, 4) is 0 Å². The van der Waals surface area contributed by atoms with Crippen molar-refractivity contribution in [1.29, 1.82) is 0 Å². The van der Waals surface area contributed by atoms with E-state index in [4.69, 9.17) is 0 Å². The lowest BCUT2D eigenvalue weighted by molar-refractivity contribution is -0.123. The number of hydroxylamine groups is 1. The molecule has 0 aliphatic carbocycles. The van der Waals surface area contributed by atoms with Crippen molar-refractivity contribution in [2.24, 2.45) is 0 Å². The maximum atomic E-state index is 11.8. The maximum Gasteiger partial charge on any atom is 0.250 e. The first-order valence-corrected chi connectivity index (χ1v) is 6.23. The highest BCUT2D eigenvalue weighted by atomic mass is 16.5. The van der Waals surface area contributed by atoms with Crippen LogP contribution in [0, 0.1) is 0 Å². The molecular weight excluding hydrogens is 226 g/mol. The fourth-order valence-electron chi connectivity index (χ4n) is 1.96. The predicted molar refractivity (Wildman–Crippen MR) is 72.7 cm³/mol. The number of hydrogen-bond acceptors (Lipinski definition) is 2. The maximum absolute atomic E-state index is 11.8. The van der Waals surface area contributed by atoms with Gasteiger partial charge in [-0.05, 0) is 17.9 Å². The van der Waals surface area contributed by atoms with E-state index in [0.29, 0.717) is 12.1 Å². The Morgan fingerprint density at radius 1 is 1.17 bits per heavy atom. The molecule has 0 saturated carbocycles. The van der Waals surface area contributed by atoms with Gasteiger partial charge in [0.15, 0.2) is 0 Å². The normalized spacial score (nSPS) is 10.6. The van der Waals surface area contributed by atoms with E-state index in [1.54, 1.807) is 6.07 Å². The Bertz CT molecular complexity index is 546. The van der Waals surface area contributed by atoms with Crippen LogP contribution in [0.5, 0.6) is 0 Å². The summed E-state index contributed by atoms with van der Waals surface area (Å²) in [6.45, 7) is 2.02. The molecule has 0 spiro atoms. The third-order valence-corrected chi connectivity index (χ3v) is 2.98. The van der Waals surface area contributed by atoms with Gasteiger partial charge in [-0.2, -0.15) is 5.06 Å². The molecule has 0 aliphatic heterocycles. The first-order valence-electron chi connectivity index (χ1n) is 6.23. The summed E-state index contributed by atoms with van der Waals surface area (Å²) in [5, 5.41) is 12.7. The molecular formula is C15H17NO2. The molecule has 0 radical (unpaired) electrons. The summed E-state index contributed by atoms with van der Waals surface area (Å²) >= 11 is 0. The van der Waals surface area contributed by atoms with Gasteiger partial charge in [-0.1, -0.05) is 49.7 Å². The number of anilines is 1. The topological polar surface area (TPSA) is 40.5 Å². The summed E-state index contributed by atoms with van der Waals surface area (Å²) in [4.78, 5) is 11.8. The molecule has 1 N–H and O–H groups in total. The van der Waals surface area contributed by atoms with Crippen LogP contribution in [0.4, 0.5) is 5.69 Å². The lowest BCUT2D eigenvalue weighted by Gasteiger charge is -2.17. The number of unbranched alkanes of at least 4 members (excludes halogenated alkanes) is 1. The molecule has 0 atom stereocenters. The van der Waals surface area contributed by atoms with Crippen LogP contribution in [0.25, 0.3) is 10.8 Å². The summed E-state index contributed by atoms with van der Waals surface area (Å²) in [6.07, 6.45) is 2.10. The monoisotopic (exact) mass is 243 g/mol. The third kappa shape index (κ3) is 2.51. The number of hydrogen-bond donors (Lipinski definition) is 1. The molecule has 2 aromatic rings. The Labute approximate surface area is 107 Å². The zero-order valence-electron chi connectivity index (χ0n) is 10.5. The Kier molecular flexibility index (Phi) is 3.95. The molecule has 3 nitrogen and oxygen atoms in total. The first kappa shape index (κ1) is 12.6. The molecule has 0 bridgehead atoms. The van der Waals surface area contributed by atoms with Gasteiger partial charge in [0.1, 0.15) is 0 Å². The Morgan fingerprint density at radius 2 is 1.89 bits per heavy atom. The summed E-state index contributed by atoms with van der Waals surface area (Å²) in [5.41, 5.74) is 0.550. The standard InChI is InChI=1S/C15H17NO2/c1-2-3-11-15(17)16(18)14-10-6-8-12-7-4-5-9-13(12)14/h4-10,18H,2-3,11H2,1H3. The van der Waals surface area contributed by atoms with Gasteiger partial charge in [0.05, 0.1) is 5.69 Å². The van der Waals surface area contributed by atoms with Crippen LogP contribution in [0.15, 0.2) is 42.5 Å². The molecule has 2 aromatic carbocycles. The number of amides is 1. The van der Waals surface area contributed by atoms with E-state index in [9.17, 15) is 10.0 Å². The fraction of sp³-hybridized carbons (Fsp3) is 0.267. The zero-order chi connectivity index (χ0) is 13.0. The first-order chi connectivity index (χ1) is 8.74. The minimum absolute atomic E-state index is 0.256. The summed E-state index contributed by atoms with van der Waals surface area (Å²) in [7, 11) is 0. The molecule has 1 amide bonds. The van der Waals surface area contributed by atoms with Crippen LogP contribution in [-0.4, -0.2) is 11.1 Å². The molecule has 0 aromatic heterocycles. The largest absolute Gasteiger partial charge is 0.281 e. The number of carbonyl (C=O) groups excluding carboxylic acids is 1. The van der Waals surface area contributed by atoms with Crippen molar-refractivity contribution < 1.29 is 10.0 Å². The molecule has 0 saturated heterocycles. The van der Waals surface area contributed by atoms with E-state index < -0.39 is 0 Å². The number of carbonyl (C=O) groups is 1. The molecule has 2 rings (SSSR count). The van der Waals surface area contributed by atoms with Crippen LogP contribution in [-0.2, 0) is 4.79 Å². The highest BCUT2D eigenvalue weighted by Gasteiger charge is 2.14. The summed E-state index contributed by atoms with van der Waals surface area (Å²) in [5.74, 6) is -0.256. The van der Waals surface area contributed by atoms with Gasteiger partial charge >= 0.3 is 0 Å². The number of benzene rings is 2. The van der Waals surface area contributed by atoms with Gasteiger partial charge < -0.3 is 0 Å². The second kappa shape index (κ2) is 5.65. The van der Waals surface area contributed by atoms with Crippen molar-refractivity contribution in [3.05, 3.63) is 42.5 Å². The minimum atomic E-state index is -0.256. The number of fused-ring (bicyclic) bond motifs is 1. The van der Waals surface area contributed by atoms with Crippen LogP contribution in [0.1, 0.15) is 26.2 Å². The Balaban J connectivity index is 2.32. The van der Waals surface area contributed by atoms with E-state index in [2.05, 4.69) is 0 Å². The van der Waals surface area contributed by atoms with E-state index in [1.165, 1.54) is 0 Å². The van der Waals surface area contributed by atoms with Gasteiger partial charge in [0, 0.05) is 11.8 Å². The quantitative estimate of drug-likeness (QED) is 0.656. The molecule has 0 heterocycles. The highest BCUT2D eigenvalue weighted by molar-refractivity contribution is 6.02. The Morgan fingerprint density at radius 3 is 2.67 bits per heavy atom. The molecule has 18 heavy (non-hydrogen) atoms. The van der Waals surface area contributed by atoms with E-state index in [0.717, 1.165) is 28.7 Å². The minimum Gasteiger partial charge on any atom is -0.281 e. The summed E-state index contributed by atoms with van der Waals surface area (Å²) < 4.78 is 0. The lowest BCUT2D eigenvalue weighted by atomic mass is 10.1. The van der Waals surface area contributed by atoms with Gasteiger partial charge in [-0.15, -0.1) is 0 Å². The molecule has 0 unspecified atom stereocenters. The fourth-order valence-corrected chi connectivity index (χ4v) is 1.96. The number of nitrogens with zero attached hydrogens (tertiary/aromatic N) is 1.